The Morgan fingerprint density at radius 3 is 2.69 bits per heavy atom. The standard InChI is InChI=1S/C11H10F2N2O/c1-6-2-3-7-8(14-6)10(9(16)15-7)4-11(12,13)5-10/h2-3H,4-5H2,1H3,(H,15,16). The van der Waals surface area contributed by atoms with Crippen LogP contribution in [-0.2, 0) is 10.2 Å². The number of carbonyl (C=O) groups is 1. The number of anilines is 1. The van der Waals surface area contributed by atoms with Gasteiger partial charge in [-0.3, -0.25) is 9.78 Å². The second-order valence-corrected chi connectivity index (χ2v) is 4.59. The molecular weight excluding hydrogens is 214 g/mol. The highest BCUT2D eigenvalue weighted by molar-refractivity contribution is 6.06. The van der Waals surface area contributed by atoms with Crippen LogP contribution >= 0.6 is 0 Å². The van der Waals surface area contributed by atoms with Gasteiger partial charge in [-0.2, -0.15) is 0 Å². The number of alkyl halides is 2. The van der Waals surface area contributed by atoms with Gasteiger partial charge in [0.25, 0.3) is 5.92 Å². The largest absolute Gasteiger partial charge is 0.324 e. The average molecular weight is 224 g/mol. The summed E-state index contributed by atoms with van der Waals surface area (Å²) in [5.74, 6) is -3.07. The number of amides is 1. The number of nitrogens with zero attached hydrogens (tertiary/aromatic N) is 1. The first-order chi connectivity index (χ1) is 7.43. The number of nitrogens with one attached hydrogen (secondary N) is 1. The second kappa shape index (κ2) is 2.59. The lowest BCUT2D eigenvalue weighted by Crippen LogP contribution is -2.53. The van der Waals surface area contributed by atoms with E-state index < -0.39 is 24.2 Å². The van der Waals surface area contributed by atoms with Gasteiger partial charge < -0.3 is 5.32 Å². The van der Waals surface area contributed by atoms with E-state index in [4.69, 9.17) is 0 Å². The van der Waals surface area contributed by atoms with E-state index >= 15 is 0 Å². The van der Waals surface area contributed by atoms with E-state index in [1.165, 1.54) is 0 Å². The van der Waals surface area contributed by atoms with Gasteiger partial charge in [-0.25, -0.2) is 8.78 Å². The Kier molecular flexibility index (Phi) is 1.57. The highest BCUT2D eigenvalue weighted by Gasteiger charge is 2.65. The Bertz CT molecular complexity index is 491. The van der Waals surface area contributed by atoms with E-state index in [1.807, 2.05) is 0 Å². The summed E-state index contributed by atoms with van der Waals surface area (Å²) in [6.07, 6.45) is -0.843. The first-order valence-corrected chi connectivity index (χ1v) is 5.10. The van der Waals surface area contributed by atoms with E-state index in [-0.39, 0.29) is 5.91 Å². The predicted octanol–water partition coefficient (Wildman–Crippen LogP) is 2.01. The van der Waals surface area contributed by atoms with Crippen molar-refractivity contribution in [2.75, 3.05) is 5.32 Å². The molecule has 1 saturated carbocycles. The molecule has 1 aliphatic heterocycles. The van der Waals surface area contributed by atoms with Crippen LogP contribution in [0.2, 0.25) is 0 Å². The Balaban J connectivity index is 2.10. The Labute approximate surface area is 90.9 Å². The Hall–Kier alpha value is -1.52. The molecule has 3 nitrogen and oxygen atoms in total. The highest BCUT2D eigenvalue weighted by atomic mass is 19.3. The van der Waals surface area contributed by atoms with Crippen LogP contribution in [0.15, 0.2) is 12.1 Å². The summed E-state index contributed by atoms with van der Waals surface area (Å²) in [6.45, 7) is 1.79. The number of pyridine rings is 1. The number of rotatable bonds is 0. The zero-order chi connectivity index (χ0) is 11.6. The molecule has 0 aromatic carbocycles. The van der Waals surface area contributed by atoms with Crippen LogP contribution in [-0.4, -0.2) is 16.8 Å². The quantitative estimate of drug-likeness (QED) is 0.732. The molecule has 1 aliphatic carbocycles. The second-order valence-electron chi connectivity index (χ2n) is 4.59. The minimum atomic E-state index is -2.73. The Morgan fingerprint density at radius 1 is 1.38 bits per heavy atom. The molecule has 2 heterocycles. The third-order valence-corrected chi connectivity index (χ3v) is 3.29. The topological polar surface area (TPSA) is 42.0 Å². The minimum Gasteiger partial charge on any atom is -0.324 e. The van der Waals surface area contributed by atoms with Crippen LogP contribution in [0.3, 0.4) is 0 Å². The van der Waals surface area contributed by atoms with E-state index in [0.29, 0.717) is 11.4 Å². The molecule has 0 radical (unpaired) electrons. The smallest absolute Gasteiger partial charge is 0.251 e. The van der Waals surface area contributed by atoms with Crippen LogP contribution in [0.1, 0.15) is 24.2 Å². The van der Waals surface area contributed by atoms with Crippen molar-refractivity contribution >= 4 is 11.6 Å². The molecule has 3 rings (SSSR count). The summed E-state index contributed by atoms with van der Waals surface area (Å²) in [6, 6.07) is 3.48. The summed E-state index contributed by atoms with van der Waals surface area (Å²) in [7, 11) is 0. The number of fused-ring (bicyclic) bond motifs is 2. The number of aromatic nitrogens is 1. The lowest BCUT2D eigenvalue weighted by Gasteiger charge is -2.42. The molecule has 84 valence electrons. The molecule has 1 aromatic rings. The first-order valence-electron chi connectivity index (χ1n) is 5.10. The van der Waals surface area contributed by atoms with Gasteiger partial charge in [0.2, 0.25) is 5.91 Å². The molecule has 1 N–H and O–H groups in total. The van der Waals surface area contributed by atoms with Gasteiger partial charge >= 0.3 is 0 Å². The third-order valence-electron chi connectivity index (χ3n) is 3.29. The van der Waals surface area contributed by atoms with Gasteiger partial charge in [0.15, 0.2) is 0 Å². The molecular formula is C11H10F2N2O. The molecule has 0 unspecified atom stereocenters. The molecule has 5 heteroatoms. The average Bonchev–Trinajstić information content (AvgIpc) is 2.40. The van der Waals surface area contributed by atoms with Crippen molar-refractivity contribution in [3.63, 3.8) is 0 Å². The van der Waals surface area contributed by atoms with Crippen LogP contribution < -0.4 is 5.32 Å². The van der Waals surface area contributed by atoms with Crippen LogP contribution in [0.5, 0.6) is 0 Å². The number of aryl methyl sites for hydroxylation is 1. The summed E-state index contributed by atoms with van der Waals surface area (Å²) in [5, 5.41) is 2.62. The normalized spacial score (nSPS) is 23.8. The number of halogens is 2. The summed E-state index contributed by atoms with van der Waals surface area (Å²) < 4.78 is 26.0. The highest BCUT2D eigenvalue weighted by Crippen LogP contribution is 2.57. The van der Waals surface area contributed by atoms with Crippen molar-refractivity contribution in [1.29, 1.82) is 0 Å². The van der Waals surface area contributed by atoms with Gasteiger partial charge in [0, 0.05) is 18.5 Å². The molecule has 0 saturated heterocycles. The predicted molar refractivity (Wildman–Crippen MR) is 53.5 cm³/mol. The molecule has 1 fully saturated rings. The summed E-state index contributed by atoms with van der Waals surface area (Å²) in [4.78, 5) is 16.0. The monoisotopic (exact) mass is 224 g/mol. The maximum atomic E-state index is 13.0. The zero-order valence-corrected chi connectivity index (χ0v) is 8.68. The summed E-state index contributed by atoms with van der Waals surface area (Å²) in [5.41, 5.74) is 0.726. The van der Waals surface area contributed by atoms with Crippen molar-refractivity contribution in [1.82, 2.24) is 4.98 Å². The molecule has 1 amide bonds. The number of carbonyl (C=O) groups excluding carboxylic acids is 1. The number of hydrogen-bond acceptors (Lipinski definition) is 2. The lowest BCUT2D eigenvalue weighted by molar-refractivity contribution is -0.153. The molecule has 0 atom stereocenters. The van der Waals surface area contributed by atoms with Crippen LogP contribution in [0.25, 0.3) is 0 Å². The minimum absolute atomic E-state index is 0.341. The molecule has 1 aromatic heterocycles. The molecule has 2 aliphatic rings. The molecule has 16 heavy (non-hydrogen) atoms. The van der Waals surface area contributed by atoms with E-state index in [2.05, 4.69) is 10.3 Å². The van der Waals surface area contributed by atoms with Crippen LogP contribution in [0, 0.1) is 6.92 Å². The van der Waals surface area contributed by atoms with E-state index in [0.717, 1.165) is 5.69 Å². The van der Waals surface area contributed by atoms with Gasteiger partial charge in [-0.1, -0.05) is 0 Å². The third kappa shape index (κ3) is 1.06. The maximum absolute atomic E-state index is 13.0. The van der Waals surface area contributed by atoms with Crippen molar-refractivity contribution in [2.24, 2.45) is 0 Å². The van der Waals surface area contributed by atoms with Gasteiger partial charge in [0.05, 0.1) is 11.4 Å². The van der Waals surface area contributed by atoms with Crippen molar-refractivity contribution in [2.45, 2.75) is 31.1 Å². The zero-order valence-electron chi connectivity index (χ0n) is 8.68. The SMILES string of the molecule is Cc1ccc2c(n1)C1(CC(F)(F)C1)C(=O)N2. The van der Waals surface area contributed by atoms with E-state index in [9.17, 15) is 13.6 Å². The van der Waals surface area contributed by atoms with Gasteiger partial charge in [-0.15, -0.1) is 0 Å². The van der Waals surface area contributed by atoms with Crippen molar-refractivity contribution in [3.8, 4) is 0 Å². The summed E-state index contributed by atoms with van der Waals surface area (Å²) >= 11 is 0. The maximum Gasteiger partial charge on any atom is 0.251 e. The van der Waals surface area contributed by atoms with Crippen LogP contribution in [0.4, 0.5) is 14.5 Å². The first kappa shape index (κ1) is 9.69. The molecule has 0 bridgehead atoms. The van der Waals surface area contributed by atoms with Gasteiger partial charge in [0.1, 0.15) is 5.41 Å². The fourth-order valence-corrected chi connectivity index (χ4v) is 2.53. The van der Waals surface area contributed by atoms with Crippen molar-refractivity contribution < 1.29 is 13.6 Å². The molecule has 1 spiro atoms. The van der Waals surface area contributed by atoms with Crippen molar-refractivity contribution in [3.05, 3.63) is 23.5 Å². The van der Waals surface area contributed by atoms with Gasteiger partial charge in [-0.05, 0) is 19.1 Å². The fraction of sp³-hybridized carbons (Fsp3) is 0.455. The lowest BCUT2D eigenvalue weighted by atomic mass is 9.64. The Morgan fingerprint density at radius 2 is 2.06 bits per heavy atom. The number of hydrogen-bond donors (Lipinski definition) is 1. The fourth-order valence-electron chi connectivity index (χ4n) is 2.53. The van der Waals surface area contributed by atoms with E-state index in [1.54, 1.807) is 19.1 Å².